The molecule has 0 spiro atoms. The van der Waals surface area contributed by atoms with Crippen molar-refractivity contribution in [3.05, 3.63) is 229 Å². The van der Waals surface area contributed by atoms with Crippen molar-refractivity contribution in [2.45, 2.75) is 25.8 Å². The second kappa shape index (κ2) is 14.7. The maximum Gasteiger partial charge on any atom is 0.110 e. The standard InChI is InChI=1S/C53H43N3/c1-4-5-6-7-10-21-39-34-36-41(37-35-39)53(3,54-38(2)40-22-11-8-12-23-40)47-30-19-28-45-46-29-20-33-50(52(46)55(51(45)47)42-24-13-9-14-25-42)56-48-31-17-15-26-43(48)44-27-16-18-32-49(44)56/h4-20,22-37H,1,21H2,2-3H3/b6-5-,10-7-,54-38?. The molecule has 0 aliphatic rings. The quantitative estimate of drug-likeness (QED) is 0.0991. The van der Waals surface area contributed by atoms with Gasteiger partial charge in [0.05, 0.1) is 27.8 Å². The molecule has 3 heteroatoms. The van der Waals surface area contributed by atoms with Gasteiger partial charge < -0.3 is 9.13 Å². The molecule has 9 aromatic rings. The van der Waals surface area contributed by atoms with E-state index >= 15 is 0 Å². The molecule has 0 N–H and O–H groups in total. The second-order valence-corrected chi connectivity index (χ2v) is 14.5. The van der Waals surface area contributed by atoms with Crippen LogP contribution in [-0.4, -0.2) is 14.8 Å². The summed E-state index contributed by atoms with van der Waals surface area (Å²) < 4.78 is 4.93. The number of hydrogen-bond donors (Lipinski definition) is 0. The Bertz CT molecular complexity index is 2900. The maximum atomic E-state index is 5.72. The molecule has 2 heterocycles. The molecule has 7 aromatic carbocycles. The van der Waals surface area contributed by atoms with Gasteiger partial charge in [-0.05, 0) is 67.3 Å². The van der Waals surface area contributed by atoms with E-state index in [4.69, 9.17) is 4.99 Å². The van der Waals surface area contributed by atoms with Gasteiger partial charge in [-0.25, -0.2) is 0 Å². The lowest BCUT2D eigenvalue weighted by Gasteiger charge is -2.30. The van der Waals surface area contributed by atoms with Crippen LogP contribution in [0, 0.1) is 0 Å². The van der Waals surface area contributed by atoms with Crippen LogP contribution in [0.1, 0.15) is 36.1 Å². The van der Waals surface area contributed by atoms with E-state index in [1.807, 2.05) is 12.2 Å². The van der Waals surface area contributed by atoms with Crippen molar-refractivity contribution in [3.8, 4) is 11.4 Å². The Hall–Kier alpha value is -6.97. The summed E-state index contributed by atoms with van der Waals surface area (Å²) in [6.07, 6.45) is 10.8. The van der Waals surface area contributed by atoms with Gasteiger partial charge in [0.25, 0.3) is 0 Å². The minimum atomic E-state index is -0.742. The lowest BCUT2D eigenvalue weighted by atomic mass is 9.83. The first-order valence-corrected chi connectivity index (χ1v) is 19.3. The summed E-state index contributed by atoms with van der Waals surface area (Å²) in [6, 6.07) is 61.4. The highest BCUT2D eigenvalue weighted by atomic mass is 15.1. The van der Waals surface area contributed by atoms with Crippen LogP contribution in [0.25, 0.3) is 55.0 Å². The Morgan fingerprint density at radius 3 is 1.84 bits per heavy atom. The molecule has 0 aliphatic heterocycles. The van der Waals surface area contributed by atoms with Gasteiger partial charge >= 0.3 is 0 Å². The summed E-state index contributed by atoms with van der Waals surface area (Å²) in [7, 11) is 0. The number of fused-ring (bicyclic) bond motifs is 6. The molecule has 0 bridgehead atoms. The summed E-state index contributed by atoms with van der Waals surface area (Å²) in [4.78, 5) is 5.72. The summed E-state index contributed by atoms with van der Waals surface area (Å²) in [6.45, 7) is 8.19. The molecule has 270 valence electrons. The van der Waals surface area contributed by atoms with Gasteiger partial charge in [-0.2, -0.15) is 0 Å². The van der Waals surface area contributed by atoms with Crippen LogP contribution in [0.2, 0.25) is 0 Å². The minimum absolute atomic E-state index is 0.742. The zero-order valence-electron chi connectivity index (χ0n) is 31.8. The Morgan fingerprint density at radius 2 is 1.16 bits per heavy atom. The van der Waals surface area contributed by atoms with Gasteiger partial charge in [-0.1, -0.05) is 176 Å². The third-order valence-corrected chi connectivity index (χ3v) is 11.1. The second-order valence-electron chi connectivity index (χ2n) is 14.5. The normalized spacial score (nSPS) is 13.4. The molecule has 3 nitrogen and oxygen atoms in total. The molecule has 0 amide bonds. The molecule has 0 saturated heterocycles. The zero-order chi connectivity index (χ0) is 38.1. The van der Waals surface area contributed by atoms with Crippen LogP contribution in [0.15, 0.2) is 212 Å². The summed E-state index contributed by atoms with van der Waals surface area (Å²) in [5.41, 5.74) is 11.8. The Labute approximate surface area is 328 Å². The third-order valence-electron chi connectivity index (χ3n) is 11.1. The number of para-hydroxylation sites is 5. The van der Waals surface area contributed by atoms with E-state index in [-0.39, 0.29) is 0 Å². The fourth-order valence-electron chi connectivity index (χ4n) is 8.44. The topological polar surface area (TPSA) is 22.2 Å². The molecule has 0 aliphatic carbocycles. The third kappa shape index (κ3) is 5.99. The number of rotatable bonds is 10. The molecule has 2 aromatic heterocycles. The molecular formula is C53H43N3. The van der Waals surface area contributed by atoms with E-state index in [2.05, 4.69) is 212 Å². The van der Waals surface area contributed by atoms with Gasteiger partial charge in [-0.3, -0.25) is 4.99 Å². The number of hydrogen-bond acceptors (Lipinski definition) is 1. The molecule has 0 fully saturated rings. The largest absolute Gasteiger partial charge is 0.307 e. The average molecular weight is 722 g/mol. The fraction of sp³-hybridized carbons (Fsp3) is 0.0755. The number of benzene rings is 7. The van der Waals surface area contributed by atoms with Crippen molar-refractivity contribution in [2.24, 2.45) is 4.99 Å². The van der Waals surface area contributed by atoms with E-state index in [1.54, 1.807) is 6.08 Å². The van der Waals surface area contributed by atoms with E-state index in [1.165, 1.54) is 38.1 Å². The van der Waals surface area contributed by atoms with Crippen LogP contribution in [0.4, 0.5) is 0 Å². The Balaban J connectivity index is 1.35. The van der Waals surface area contributed by atoms with E-state index in [9.17, 15) is 0 Å². The lowest BCUT2D eigenvalue weighted by Crippen LogP contribution is -2.24. The summed E-state index contributed by atoms with van der Waals surface area (Å²) >= 11 is 0. The lowest BCUT2D eigenvalue weighted by molar-refractivity contribution is 0.610. The zero-order valence-corrected chi connectivity index (χ0v) is 31.8. The SMILES string of the molecule is C=C/C=C\C=C/Cc1ccc(C(C)(N=C(C)c2ccccc2)c2cccc3c4cccc(-n5c6ccccc6c6ccccc65)c4n(-c4ccccc4)c23)cc1. The average Bonchev–Trinajstić information content (AvgIpc) is 3.78. The van der Waals surface area contributed by atoms with Gasteiger partial charge in [-0.15, -0.1) is 0 Å². The predicted octanol–water partition coefficient (Wildman–Crippen LogP) is 13.5. The van der Waals surface area contributed by atoms with Gasteiger partial charge in [0.15, 0.2) is 0 Å². The van der Waals surface area contributed by atoms with Crippen LogP contribution in [-0.2, 0) is 12.0 Å². The monoisotopic (exact) mass is 721 g/mol. The Morgan fingerprint density at radius 1 is 0.571 bits per heavy atom. The van der Waals surface area contributed by atoms with Crippen LogP contribution in [0.3, 0.4) is 0 Å². The summed E-state index contributed by atoms with van der Waals surface area (Å²) in [5, 5.41) is 4.88. The number of aliphatic imine (C=N–C) groups is 1. The number of allylic oxidation sites excluding steroid dienone is 5. The van der Waals surface area contributed by atoms with Crippen molar-refractivity contribution in [3.63, 3.8) is 0 Å². The molecule has 9 rings (SSSR count). The van der Waals surface area contributed by atoms with Crippen molar-refractivity contribution in [2.75, 3.05) is 0 Å². The first-order chi connectivity index (χ1) is 27.6. The molecule has 0 radical (unpaired) electrons. The van der Waals surface area contributed by atoms with Crippen LogP contribution >= 0.6 is 0 Å². The first kappa shape index (κ1) is 34.8. The van der Waals surface area contributed by atoms with Gasteiger partial charge in [0.1, 0.15) is 5.54 Å². The predicted molar refractivity (Wildman–Crippen MR) is 239 cm³/mol. The van der Waals surface area contributed by atoms with Crippen LogP contribution in [0.5, 0.6) is 0 Å². The highest BCUT2D eigenvalue weighted by molar-refractivity contribution is 6.16. The van der Waals surface area contributed by atoms with Crippen molar-refractivity contribution < 1.29 is 0 Å². The van der Waals surface area contributed by atoms with Crippen molar-refractivity contribution in [1.29, 1.82) is 0 Å². The van der Waals surface area contributed by atoms with Gasteiger partial charge in [0.2, 0.25) is 0 Å². The molecule has 1 atom stereocenters. The fourth-order valence-corrected chi connectivity index (χ4v) is 8.44. The Kier molecular flexibility index (Phi) is 9.12. The van der Waals surface area contributed by atoms with Crippen molar-refractivity contribution >= 4 is 49.3 Å². The van der Waals surface area contributed by atoms with Crippen molar-refractivity contribution in [1.82, 2.24) is 9.13 Å². The highest BCUT2D eigenvalue weighted by Crippen LogP contribution is 2.45. The maximum absolute atomic E-state index is 5.72. The van der Waals surface area contributed by atoms with E-state index < -0.39 is 5.54 Å². The van der Waals surface area contributed by atoms with Crippen LogP contribution < -0.4 is 0 Å². The first-order valence-electron chi connectivity index (χ1n) is 19.3. The van der Waals surface area contributed by atoms with E-state index in [0.29, 0.717) is 0 Å². The molecule has 0 saturated carbocycles. The summed E-state index contributed by atoms with van der Waals surface area (Å²) in [5.74, 6) is 0. The smallest absolute Gasteiger partial charge is 0.110 e. The minimum Gasteiger partial charge on any atom is -0.307 e. The van der Waals surface area contributed by atoms with E-state index in [0.717, 1.165) is 51.2 Å². The number of nitrogens with zero attached hydrogens (tertiary/aromatic N) is 3. The molecule has 1 unspecified atom stereocenters. The molecule has 56 heavy (non-hydrogen) atoms. The highest BCUT2D eigenvalue weighted by Gasteiger charge is 2.33. The molecular weight excluding hydrogens is 679 g/mol. The number of aromatic nitrogens is 2. The van der Waals surface area contributed by atoms with Gasteiger partial charge in [0, 0.05) is 38.5 Å².